The monoisotopic (exact) mass is 238 g/mol. The molecule has 2 aromatic rings. The summed E-state index contributed by atoms with van der Waals surface area (Å²) in [5.74, 6) is 0. The van der Waals surface area contributed by atoms with Gasteiger partial charge in [0, 0.05) is 0 Å². The average molecular weight is 238 g/mol. The second kappa shape index (κ2) is 5.50. The summed E-state index contributed by atoms with van der Waals surface area (Å²) in [7, 11) is 0. The van der Waals surface area contributed by atoms with Crippen LogP contribution >= 0.6 is 0 Å². The lowest BCUT2D eigenvalue weighted by Crippen LogP contribution is -2.00. The molecule has 0 aliphatic carbocycles. The zero-order valence-corrected chi connectivity index (χ0v) is 10.9. The molecule has 1 heterocycles. The van der Waals surface area contributed by atoms with Crippen LogP contribution < -0.4 is 0 Å². The molecular weight excluding hydrogens is 220 g/mol. The van der Waals surface area contributed by atoms with Gasteiger partial charge in [0.15, 0.2) is 0 Å². The van der Waals surface area contributed by atoms with E-state index in [0.717, 1.165) is 23.4 Å². The highest BCUT2D eigenvalue weighted by Gasteiger charge is 2.06. The van der Waals surface area contributed by atoms with Crippen molar-refractivity contribution in [1.29, 1.82) is 0 Å². The molecule has 2 rings (SSSR count). The van der Waals surface area contributed by atoms with Crippen molar-refractivity contribution in [3.8, 4) is 5.69 Å². The summed E-state index contributed by atoms with van der Waals surface area (Å²) < 4.78 is 1.95. The molecule has 0 radical (unpaired) electrons. The Bertz CT molecular complexity index is 562. The zero-order valence-electron chi connectivity index (χ0n) is 10.9. The van der Waals surface area contributed by atoms with Crippen molar-refractivity contribution < 1.29 is 0 Å². The van der Waals surface area contributed by atoms with E-state index in [1.54, 1.807) is 0 Å². The maximum Gasteiger partial charge on any atom is 0.0697 e. The summed E-state index contributed by atoms with van der Waals surface area (Å²) >= 11 is 0. The summed E-state index contributed by atoms with van der Waals surface area (Å²) in [5.41, 5.74) is 4.50. The van der Waals surface area contributed by atoms with E-state index in [9.17, 15) is 0 Å². The van der Waals surface area contributed by atoms with Crippen molar-refractivity contribution in [1.82, 2.24) is 9.78 Å². The van der Waals surface area contributed by atoms with Gasteiger partial charge >= 0.3 is 0 Å². The first-order chi connectivity index (χ1) is 8.72. The van der Waals surface area contributed by atoms with Gasteiger partial charge in [0.05, 0.1) is 17.6 Å². The lowest BCUT2D eigenvalue weighted by atomic mass is 10.1. The highest BCUT2D eigenvalue weighted by atomic mass is 15.3. The molecule has 0 aliphatic heterocycles. The number of para-hydroxylation sites is 1. The lowest BCUT2D eigenvalue weighted by Gasteiger charge is -2.08. The summed E-state index contributed by atoms with van der Waals surface area (Å²) in [6.45, 7) is 8.23. The third-order valence-electron chi connectivity index (χ3n) is 2.92. The zero-order chi connectivity index (χ0) is 13.0. The fourth-order valence-electron chi connectivity index (χ4n) is 1.86. The van der Waals surface area contributed by atoms with Gasteiger partial charge in [-0.15, -0.1) is 0 Å². The van der Waals surface area contributed by atoms with Gasteiger partial charge in [0.25, 0.3) is 0 Å². The van der Waals surface area contributed by atoms with Crippen molar-refractivity contribution >= 4 is 5.57 Å². The molecule has 2 nitrogen and oxygen atoms in total. The molecule has 0 fully saturated rings. The molecule has 0 atom stereocenters. The number of allylic oxidation sites excluding steroid dienone is 3. The molecule has 0 saturated heterocycles. The highest BCUT2D eigenvalue weighted by molar-refractivity contribution is 5.65. The average Bonchev–Trinajstić information content (AvgIpc) is 2.88. The minimum atomic E-state index is 0.969. The van der Waals surface area contributed by atoms with Crippen LogP contribution in [-0.4, -0.2) is 9.78 Å². The SMILES string of the molecule is C=C(/C=C(\C)c1ccnn1-c1ccccc1)CC. The number of benzene rings is 1. The van der Waals surface area contributed by atoms with Gasteiger partial charge in [-0.1, -0.05) is 43.4 Å². The van der Waals surface area contributed by atoms with Gasteiger partial charge in [-0.3, -0.25) is 0 Å². The van der Waals surface area contributed by atoms with E-state index in [-0.39, 0.29) is 0 Å². The maximum absolute atomic E-state index is 4.39. The largest absolute Gasteiger partial charge is 0.233 e. The molecule has 0 unspecified atom stereocenters. The molecule has 0 bridgehead atoms. The van der Waals surface area contributed by atoms with Crippen LogP contribution in [0.1, 0.15) is 26.0 Å². The van der Waals surface area contributed by atoms with Crippen molar-refractivity contribution in [3.63, 3.8) is 0 Å². The Kier molecular flexibility index (Phi) is 3.78. The summed E-state index contributed by atoms with van der Waals surface area (Å²) in [6.07, 6.45) is 4.92. The van der Waals surface area contributed by atoms with Crippen LogP contribution in [-0.2, 0) is 0 Å². The summed E-state index contributed by atoms with van der Waals surface area (Å²) in [6, 6.07) is 12.2. The fraction of sp³-hybridized carbons (Fsp3) is 0.188. The second-order valence-electron chi connectivity index (χ2n) is 4.30. The van der Waals surface area contributed by atoms with Crippen LogP contribution in [0.15, 0.2) is 60.8 Å². The maximum atomic E-state index is 4.39. The quantitative estimate of drug-likeness (QED) is 0.728. The third kappa shape index (κ3) is 2.59. The minimum Gasteiger partial charge on any atom is -0.233 e. The van der Waals surface area contributed by atoms with Crippen LogP contribution in [0.5, 0.6) is 0 Å². The lowest BCUT2D eigenvalue weighted by molar-refractivity contribution is 0.866. The standard InChI is InChI=1S/C16H18N2/c1-4-13(2)12-14(3)16-10-11-17-18(16)15-8-6-5-7-9-15/h5-12H,2,4H2,1,3H3/b14-12+. The van der Waals surface area contributed by atoms with Gasteiger partial charge in [0.1, 0.15) is 0 Å². The van der Waals surface area contributed by atoms with Crippen molar-refractivity contribution in [2.75, 3.05) is 0 Å². The molecule has 0 spiro atoms. The molecule has 0 N–H and O–H groups in total. The van der Waals surface area contributed by atoms with Crippen molar-refractivity contribution in [2.45, 2.75) is 20.3 Å². The third-order valence-corrected chi connectivity index (χ3v) is 2.92. The molecule has 0 aliphatic rings. The molecular formula is C16H18N2. The highest BCUT2D eigenvalue weighted by Crippen LogP contribution is 2.19. The molecule has 0 saturated carbocycles. The van der Waals surface area contributed by atoms with Crippen molar-refractivity contribution in [3.05, 3.63) is 66.5 Å². The van der Waals surface area contributed by atoms with Gasteiger partial charge in [0.2, 0.25) is 0 Å². The van der Waals surface area contributed by atoms with Crippen molar-refractivity contribution in [2.24, 2.45) is 0 Å². The number of hydrogen-bond acceptors (Lipinski definition) is 1. The van der Waals surface area contributed by atoms with E-state index in [1.165, 1.54) is 5.57 Å². The normalized spacial score (nSPS) is 11.6. The number of hydrogen-bond donors (Lipinski definition) is 0. The van der Waals surface area contributed by atoms with Crippen LogP contribution in [0.3, 0.4) is 0 Å². The number of rotatable bonds is 4. The Morgan fingerprint density at radius 3 is 2.67 bits per heavy atom. The predicted molar refractivity (Wildman–Crippen MR) is 76.6 cm³/mol. The first kappa shape index (κ1) is 12.4. The van der Waals surface area contributed by atoms with E-state index in [1.807, 2.05) is 35.1 Å². The molecule has 2 heteroatoms. The molecule has 0 amide bonds. The van der Waals surface area contributed by atoms with Gasteiger partial charge in [-0.2, -0.15) is 5.10 Å². The van der Waals surface area contributed by atoms with Crippen LogP contribution in [0, 0.1) is 0 Å². The predicted octanol–water partition coefficient (Wildman–Crippen LogP) is 4.24. The van der Waals surface area contributed by atoms with E-state index in [4.69, 9.17) is 0 Å². The van der Waals surface area contributed by atoms with Gasteiger partial charge < -0.3 is 0 Å². The minimum absolute atomic E-state index is 0.969. The number of nitrogens with zero attached hydrogens (tertiary/aromatic N) is 2. The topological polar surface area (TPSA) is 17.8 Å². The van der Waals surface area contributed by atoms with Gasteiger partial charge in [-0.25, -0.2) is 4.68 Å². The van der Waals surface area contributed by atoms with E-state index >= 15 is 0 Å². The Morgan fingerprint density at radius 2 is 2.00 bits per heavy atom. The van der Waals surface area contributed by atoms with Crippen LogP contribution in [0.2, 0.25) is 0 Å². The molecule has 18 heavy (non-hydrogen) atoms. The van der Waals surface area contributed by atoms with Crippen LogP contribution in [0.4, 0.5) is 0 Å². The second-order valence-corrected chi connectivity index (χ2v) is 4.30. The Morgan fingerprint density at radius 1 is 1.28 bits per heavy atom. The Labute approximate surface area is 108 Å². The molecule has 92 valence electrons. The summed E-state index contributed by atoms with van der Waals surface area (Å²) in [5, 5.41) is 4.39. The Balaban J connectivity index is 2.40. The molecule has 1 aromatic carbocycles. The number of aromatic nitrogens is 2. The van der Waals surface area contributed by atoms with E-state index < -0.39 is 0 Å². The van der Waals surface area contributed by atoms with Crippen LogP contribution in [0.25, 0.3) is 11.3 Å². The molecule has 1 aromatic heterocycles. The smallest absolute Gasteiger partial charge is 0.0697 e. The first-order valence-corrected chi connectivity index (χ1v) is 6.18. The Hall–Kier alpha value is -2.09. The first-order valence-electron chi connectivity index (χ1n) is 6.18. The van der Waals surface area contributed by atoms with E-state index in [0.29, 0.717) is 0 Å². The summed E-state index contributed by atoms with van der Waals surface area (Å²) in [4.78, 5) is 0. The van der Waals surface area contributed by atoms with Gasteiger partial charge in [-0.05, 0) is 37.1 Å². The fourth-order valence-corrected chi connectivity index (χ4v) is 1.86. The van der Waals surface area contributed by atoms with E-state index in [2.05, 4.69) is 43.7 Å².